The molecular weight excluding hydrogens is 424 g/mol. The maximum atomic E-state index is 14.0. The van der Waals surface area contributed by atoms with Gasteiger partial charge in [0.1, 0.15) is 5.69 Å². The lowest BCUT2D eigenvalue weighted by molar-refractivity contribution is 0.197. The van der Waals surface area contributed by atoms with E-state index in [-0.39, 0.29) is 0 Å². The number of nitrogens with zero attached hydrogens (tertiary/aromatic N) is 7. The molecule has 1 saturated heterocycles. The Labute approximate surface area is 190 Å². The largest absolute Gasteiger partial charge is 0.354 e. The molecule has 0 N–H and O–H groups in total. The van der Waals surface area contributed by atoms with Crippen LogP contribution in [0.3, 0.4) is 0 Å². The normalized spacial score (nSPS) is 15.0. The molecule has 1 aromatic carbocycles. The predicted molar refractivity (Wildman–Crippen MR) is 123 cm³/mol. The molecule has 4 heterocycles. The highest BCUT2D eigenvalue weighted by Crippen LogP contribution is 2.32. The van der Waals surface area contributed by atoms with Gasteiger partial charge in [0.2, 0.25) is 11.9 Å². The number of hydrogen-bond donors (Lipinski definition) is 0. The molecule has 3 aromatic heterocycles. The van der Waals surface area contributed by atoms with Gasteiger partial charge < -0.3 is 4.90 Å². The Morgan fingerprint density at radius 2 is 1.76 bits per heavy atom. The van der Waals surface area contributed by atoms with E-state index in [2.05, 4.69) is 42.2 Å². The number of anilines is 1. The quantitative estimate of drug-likeness (QED) is 0.432. The van der Waals surface area contributed by atoms with Crippen LogP contribution in [-0.4, -0.2) is 56.0 Å². The predicted octanol–water partition coefficient (Wildman–Crippen LogP) is 3.80. The van der Waals surface area contributed by atoms with Crippen LogP contribution in [0.15, 0.2) is 48.7 Å². The summed E-state index contributed by atoms with van der Waals surface area (Å²) < 4.78 is 28.9. The number of pyridine rings is 1. The van der Waals surface area contributed by atoms with Crippen LogP contribution in [0.1, 0.15) is 18.4 Å². The second-order valence-corrected chi connectivity index (χ2v) is 8.48. The zero-order chi connectivity index (χ0) is 22.9. The van der Waals surface area contributed by atoms with Crippen LogP contribution in [0.25, 0.3) is 22.2 Å². The summed E-state index contributed by atoms with van der Waals surface area (Å²) in [5, 5.41) is 15.6. The van der Waals surface area contributed by atoms with Crippen molar-refractivity contribution in [2.75, 3.05) is 25.0 Å². The molecule has 170 valence electrons. The van der Waals surface area contributed by atoms with Crippen LogP contribution >= 0.6 is 0 Å². The molecule has 9 heteroatoms. The van der Waals surface area contributed by atoms with Gasteiger partial charge in [-0.05, 0) is 38.1 Å². The lowest BCUT2D eigenvalue weighted by atomic mass is 10.0. The maximum absolute atomic E-state index is 14.0. The summed E-state index contributed by atoms with van der Waals surface area (Å²) in [6, 6.07) is 13.1. The first-order valence-electron chi connectivity index (χ1n) is 11.0. The Morgan fingerprint density at radius 3 is 2.45 bits per heavy atom. The molecule has 1 aliphatic rings. The highest BCUT2D eigenvalue weighted by atomic mass is 19.1. The average molecular weight is 450 g/mol. The van der Waals surface area contributed by atoms with Gasteiger partial charge in [-0.2, -0.15) is 18.9 Å². The first kappa shape index (κ1) is 21.4. The van der Waals surface area contributed by atoms with E-state index in [0.717, 1.165) is 53.9 Å². The van der Waals surface area contributed by atoms with Gasteiger partial charge in [0.05, 0.1) is 5.69 Å². The van der Waals surface area contributed by atoms with Gasteiger partial charge in [0, 0.05) is 55.3 Å². The van der Waals surface area contributed by atoms with Crippen LogP contribution in [0, 0.1) is 11.9 Å². The van der Waals surface area contributed by atoms with Crippen molar-refractivity contribution in [1.29, 1.82) is 0 Å². The van der Waals surface area contributed by atoms with E-state index < -0.39 is 11.9 Å². The van der Waals surface area contributed by atoms with E-state index in [1.54, 1.807) is 10.9 Å². The summed E-state index contributed by atoms with van der Waals surface area (Å²) in [5.41, 5.74) is 2.15. The minimum absolute atomic E-state index is 0.290. The molecule has 4 aromatic rings. The van der Waals surface area contributed by atoms with E-state index >= 15 is 0 Å². The van der Waals surface area contributed by atoms with Crippen molar-refractivity contribution in [2.45, 2.75) is 25.4 Å². The first-order chi connectivity index (χ1) is 16.0. The molecule has 0 spiro atoms. The van der Waals surface area contributed by atoms with Gasteiger partial charge in [-0.3, -0.25) is 9.58 Å². The molecule has 0 saturated carbocycles. The summed E-state index contributed by atoms with van der Waals surface area (Å²) in [6.07, 6.45) is 3.58. The van der Waals surface area contributed by atoms with Gasteiger partial charge in [-0.25, -0.2) is 0 Å². The molecule has 0 radical (unpaired) electrons. The fraction of sp³-hybridized carbons (Fsp3) is 0.333. The van der Waals surface area contributed by atoms with Crippen LogP contribution in [0.5, 0.6) is 0 Å². The fourth-order valence-electron chi connectivity index (χ4n) is 4.59. The molecule has 7 nitrogen and oxygen atoms in total. The van der Waals surface area contributed by atoms with E-state index in [4.69, 9.17) is 0 Å². The van der Waals surface area contributed by atoms with Crippen LogP contribution in [-0.2, 0) is 13.6 Å². The number of aryl methyl sites for hydroxylation is 1. The summed E-state index contributed by atoms with van der Waals surface area (Å²) in [4.78, 5) is 7.68. The third-order valence-electron chi connectivity index (χ3n) is 6.43. The zero-order valence-corrected chi connectivity index (χ0v) is 18.6. The summed E-state index contributed by atoms with van der Waals surface area (Å²) in [6.45, 7) is 2.04. The highest BCUT2D eigenvalue weighted by Gasteiger charge is 2.26. The minimum atomic E-state index is -0.796. The molecule has 33 heavy (non-hydrogen) atoms. The number of rotatable bonds is 5. The summed E-state index contributed by atoms with van der Waals surface area (Å²) in [5.74, 6) is -0.657. The molecule has 5 rings (SSSR count). The van der Waals surface area contributed by atoms with Crippen LogP contribution in [0.4, 0.5) is 14.6 Å². The Kier molecular flexibility index (Phi) is 5.72. The standard InChI is InChI=1S/C24H25F2N7/c1-31(15-16-7-8-21(25)28-23(16)26)17-10-13-33(14-11-17)24-19-6-4-3-5-18(19)22(29-30-24)20-9-12-27-32(20)2/h3-9,12,17H,10-11,13-15H2,1-2H3. The Hall–Kier alpha value is -3.46. The van der Waals surface area contributed by atoms with Gasteiger partial charge in [0.25, 0.3) is 0 Å². The maximum Gasteiger partial charge on any atom is 0.220 e. The van der Waals surface area contributed by atoms with Crippen LogP contribution < -0.4 is 4.90 Å². The minimum Gasteiger partial charge on any atom is -0.354 e. The molecule has 1 aliphatic heterocycles. The fourth-order valence-corrected chi connectivity index (χ4v) is 4.59. The first-order valence-corrected chi connectivity index (χ1v) is 11.0. The molecular formula is C24H25F2N7. The Bertz CT molecular complexity index is 1280. The number of halogens is 2. The third-order valence-corrected chi connectivity index (χ3v) is 6.43. The molecule has 0 bridgehead atoms. The monoisotopic (exact) mass is 449 g/mol. The lowest BCUT2D eigenvalue weighted by Crippen LogP contribution is -2.43. The lowest BCUT2D eigenvalue weighted by Gasteiger charge is -2.37. The highest BCUT2D eigenvalue weighted by molar-refractivity contribution is 5.99. The van der Waals surface area contributed by atoms with E-state index in [1.807, 2.05) is 32.3 Å². The summed E-state index contributed by atoms with van der Waals surface area (Å²) >= 11 is 0. The molecule has 0 atom stereocenters. The van der Waals surface area contributed by atoms with Gasteiger partial charge >= 0.3 is 0 Å². The Balaban J connectivity index is 1.33. The second-order valence-electron chi connectivity index (χ2n) is 8.48. The van der Waals surface area contributed by atoms with Crippen molar-refractivity contribution in [3.8, 4) is 11.4 Å². The summed E-state index contributed by atoms with van der Waals surface area (Å²) in [7, 11) is 3.87. The Morgan fingerprint density at radius 1 is 1.00 bits per heavy atom. The number of piperidine rings is 1. The number of fused-ring (bicyclic) bond motifs is 1. The van der Waals surface area contributed by atoms with Crippen molar-refractivity contribution >= 4 is 16.6 Å². The molecule has 1 fully saturated rings. The number of aromatic nitrogens is 5. The van der Waals surface area contributed by atoms with E-state index in [0.29, 0.717) is 18.2 Å². The van der Waals surface area contributed by atoms with Crippen molar-refractivity contribution in [3.63, 3.8) is 0 Å². The van der Waals surface area contributed by atoms with E-state index in [9.17, 15) is 8.78 Å². The molecule has 0 unspecified atom stereocenters. The topological polar surface area (TPSA) is 63.0 Å². The molecule has 0 amide bonds. The van der Waals surface area contributed by atoms with Gasteiger partial charge in [-0.15, -0.1) is 10.2 Å². The van der Waals surface area contributed by atoms with Crippen molar-refractivity contribution in [3.05, 3.63) is 66.1 Å². The zero-order valence-electron chi connectivity index (χ0n) is 18.6. The van der Waals surface area contributed by atoms with Crippen LogP contribution in [0.2, 0.25) is 0 Å². The van der Waals surface area contributed by atoms with Crippen molar-refractivity contribution in [1.82, 2.24) is 29.9 Å². The van der Waals surface area contributed by atoms with E-state index in [1.165, 1.54) is 12.1 Å². The van der Waals surface area contributed by atoms with Gasteiger partial charge in [-0.1, -0.05) is 24.3 Å². The smallest absolute Gasteiger partial charge is 0.220 e. The molecule has 0 aliphatic carbocycles. The second kappa shape index (κ2) is 8.82. The SMILES string of the molecule is CN(Cc1ccc(F)nc1F)C1CCN(c2nnc(-c3ccnn3C)c3ccccc23)CC1. The van der Waals surface area contributed by atoms with Gasteiger partial charge in [0.15, 0.2) is 5.82 Å². The average Bonchev–Trinajstić information content (AvgIpc) is 3.26. The van der Waals surface area contributed by atoms with Crippen molar-refractivity contribution < 1.29 is 8.78 Å². The number of benzene rings is 1. The third kappa shape index (κ3) is 4.16. The van der Waals surface area contributed by atoms with Crippen molar-refractivity contribution in [2.24, 2.45) is 7.05 Å². The number of hydrogen-bond acceptors (Lipinski definition) is 6.